The van der Waals surface area contributed by atoms with Crippen molar-refractivity contribution in [3.8, 4) is 0 Å². The predicted octanol–water partition coefficient (Wildman–Crippen LogP) is 3.06. The largest absolute Gasteiger partial charge is 0.370 e. The van der Waals surface area contributed by atoms with Gasteiger partial charge >= 0.3 is 0 Å². The monoisotopic (exact) mass is 416 g/mol. The van der Waals surface area contributed by atoms with Crippen LogP contribution in [0.15, 0.2) is 29.3 Å². The summed E-state index contributed by atoms with van der Waals surface area (Å²) >= 11 is 0. The van der Waals surface area contributed by atoms with Gasteiger partial charge in [0.05, 0.1) is 6.54 Å². The highest BCUT2D eigenvalue weighted by Gasteiger charge is 2.11. The quantitative estimate of drug-likeness (QED) is 0.441. The van der Waals surface area contributed by atoms with E-state index in [9.17, 15) is 0 Å². The molecule has 4 nitrogen and oxygen atoms in total. The van der Waals surface area contributed by atoms with Crippen LogP contribution in [0.1, 0.15) is 37.8 Å². The molecule has 0 bridgehead atoms. The molecule has 0 spiro atoms. The summed E-state index contributed by atoms with van der Waals surface area (Å²) < 4.78 is 0. The van der Waals surface area contributed by atoms with Crippen LogP contribution < -0.4 is 5.73 Å². The van der Waals surface area contributed by atoms with Gasteiger partial charge in [-0.05, 0) is 50.9 Å². The Balaban J connectivity index is 0.00000242. The first-order chi connectivity index (χ1) is 10.2. The fourth-order valence-corrected chi connectivity index (χ4v) is 2.77. The van der Waals surface area contributed by atoms with E-state index in [2.05, 4.69) is 52.9 Å². The Kier molecular flexibility index (Phi) is 8.78. The first-order valence-corrected chi connectivity index (χ1v) is 8.08. The van der Waals surface area contributed by atoms with E-state index in [-0.39, 0.29) is 24.0 Å². The molecule has 2 N–H and O–H groups in total. The smallest absolute Gasteiger partial charge is 0.191 e. The molecule has 1 aromatic rings. The molecule has 1 aromatic carbocycles. The molecule has 0 atom stereocenters. The standard InChI is InChI=1S/C17H28N4.HI/c1-3-21(4-2)17(18)19-13-15-7-9-16(10-8-15)14-20-11-5-6-12-20;/h7-10H,3-6,11-14H2,1-2H3,(H2,18,19);1H. The Labute approximate surface area is 151 Å². The zero-order valence-electron chi connectivity index (χ0n) is 13.8. The van der Waals surface area contributed by atoms with E-state index >= 15 is 0 Å². The highest BCUT2D eigenvalue weighted by molar-refractivity contribution is 14.0. The second-order valence-corrected chi connectivity index (χ2v) is 5.65. The van der Waals surface area contributed by atoms with Gasteiger partial charge in [-0.15, -0.1) is 24.0 Å². The molecule has 1 saturated heterocycles. The second kappa shape index (κ2) is 10.0. The van der Waals surface area contributed by atoms with Crippen molar-refractivity contribution in [1.82, 2.24) is 9.80 Å². The van der Waals surface area contributed by atoms with Crippen molar-refractivity contribution in [2.24, 2.45) is 10.7 Å². The van der Waals surface area contributed by atoms with Crippen LogP contribution >= 0.6 is 24.0 Å². The Hall–Kier alpha value is -0.820. The first-order valence-electron chi connectivity index (χ1n) is 8.08. The Bertz CT molecular complexity index is 448. The lowest BCUT2D eigenvalue weighted by Crippen LogP contribution is -2.37. The van der Waals surface area contributed by atoms with Crippen molar-refractivity contribution in [2.45, 2.75) is 39.8 Å². The number of guanidine groups is 1. The number of benzene rings is 1. The molecule has 0 unspecified atom stereocenters. The number of aliphatic imine (C=N–C) groups is 1. The molecule has 0 saturated carbocycles. The van der Waals surface area contributed by atoms with Crippen molar-refractivity contribution >= 4 is 29.9 Å². The van der Waals surface area contributed by atoms with Gasteiger partial charge in [0, 0.05) is 19.6 Å². The summed E-state index contributed by atoms with van der Waals surface area (Å²) in [5.41, 5.74) is 8.60. The molecule has 5 heteroatoms. The van der Waals surface area contributed by atoms with Crippen LogP contribution in [0.2, 0.25) is 0 Å². The summed E-state index contributed by atoms with van der Waals surface area (Å²) in [5, 5.41) is 0. The second-order valence-electron chi connectivity index (χ2n) is 5.65. The first kappa shape index (κ1) is 19.2. The van der Waals surface area contributed by atoms with Gasteiger partial charge in [-0.3, -0.25) is 4.90 Å². The highest BCUT2D eigenvalue weighted by Crippen LogP contribution is 2.13. The van der Waals surface area contributed by atoms with E-state index in [1.54, 1.807) is 0 Å². The molecule has 1 aliphatic rings. The van der Waals surface area contributed by atoms with Crippen LogP contribution in [-0.2, 0) is 13.1 Å². The van der Waals surface area contributed by atoms with E-state index in [0.29, 0.717) is 12.5 Å². The fraction of sp³-hybridized carbons (Fsp3) is 0.588. The van der Waals surface area contributed by atoms with Gasteiger partial charge in [0.2, 0.25) is 0 Å². The minimum atomic E-state index is 0. The Morgan fingerprint density at radius 1 is 1.09 bits per heavy atom. The van der Waals surface area contributed by atoms with E-state index in [4.69, 9.17) is 5.73 Å². The maximum Gasteiger partial charge on any atom is 0.191 e. The molecule has 22 heavy (non-hydrogen) atoms. The summed E-state index contributed by atoms with van der Waals surface area (Å²) in [5.74, 6) is 0.640. The lowest BCUT2D eigenvalue weighted by molar-refractivity contribution is 0.331. The van der Waals surface area contributed by atoms with Crippen molar-refractivity contribution in [3.05, 3.63) is 35.4 Å². The zero-order chi connectivity index (χ0) is 15.1. The number of likely N-dealkylation sites (tertiary alicyclic amines) is 1. The lowest BCUT2D eigenvalue weighted by atomic mass is 10.1. The van der Waals surface area contributed by atoms with E-state index in [1.165, 1.54) is 37.1 Å². The minimum Gasteiger partial charge on any atom is -0.370 e. The normalized spacial score (nSPS) is 15.6. The molecule has 1 aliphatic heterocycles. The van der Waals surface area contributed by atoms with E-state index < -0.39 is 0 Å². The topological polar surface area (TPSA) is 44.9 Å². The maximum atomic E-state index is 5.99. The van der Waals surface area contributed by atoms with Crippen LogP contribution in [0, 0.1) is 0 Å². The third-order valence-corrected chi connectivity index (χ3v) is 4.14. The summed E-state index contributed by atoms with van der Waals surface area (Å²) in [6.07, 6.45) is 2.69. The summed E-state index contributed by atoms with van der Waals surface area (Å²) in [6.45, 7) is 10.2. The molecule has 2 rings (SSSR count). The van der Waals surface area contributed by atoms with Gasteiger partial charge in [0.25, 0.3) is 0 Å². The number of nitrogens with two attached hydrogens (primary N) is 1. The lowest BCUT2D eigenvalue weighted by Gasteiger charge is -2.19. The van der Waals surface area contributed by atoms with Crippen LogP contribution in [0.3, 0.4) is 0 Å². The Morgan fingerprint density at radius 3 is 2.18 bits per heavy atom. The number of rotatable bonds is 6. The fourth-order valence-electron chi connectivity index (χ4n) is 2.77. The van der Waals surface area contributed by atoms with Gasteiger partial charge in [0.1, 0.15) is 0 Å². The van der Waals surface area contributed by atoms with Gasteiger partial charge in [-0.2, -0.15) is 0 Å². The average Bonchev–Trinajstić information content (AvgIpc) is 3.01. The van der Waals surface area contributed by atoms with Crippen LogP contribution in [0.25, 0.3) is 0 Å². The molecular weight excluding hydrogens is 387 g/mol. The number of nitrogens with zero attached hydrogens (tertiary/aromatic N) is 3. The molecule has 0 radical (unpaired) electrons. The predicted molar refractivity (Wildman–Crippen MR) is 105 cm³/mol. The van der Waals surface area contributed by atoms with Crippen LogP contribution in [0.5, 0.6) is 0 Å². The highest BCUT2D eigenvalue weighted by atomic mass is 127. The van der Waals surface area contributed by atoms with Crippen molar-refractivity contribution in [2.75, 3.05) is 26.2 Å². The number of hydrogen-bond donors (Lipinski definition) is 1. The summed E-state index contributed by atoms with van der Waals surface area (Å²) in [4.78, 5) is 9.07. The molecular formula is C17H29IN4. The Morgan fingerprint density at radius 2 is 1.64 bits per heavy atom. The van der Waals surface area contributed by atoms with Crippen molar-refractivity contribution < 1.29 is 0 Å². The third-order valence-electron chi connectivity index (χ3n) is 4.14. The molecule has 0 aliphatic carbocycles. The van der Waals surface area contributed by atoms with Gasteiger partial charge in [0.15, 0.2) is 5.96 Å². The molecule has 0 amide bonds. The third kappa shape index (κ3) is 5.76. The van der Waals surface area contributed by atoms with Gasteiger partial charge in [-0.25, -0.2) is 4.99 Å². The number of halogens is 1. The zero-order valence-corrected chi connectivity index (χ0v) is 16.1. The molecule has 1 fully saturated rings. The van der Waals surface area contributed by atoms with Crippen molar-refractivity contribution in [3.63, 3.8) is 0 Å². The number of hydrogen-bond acceptors (Lipinski definition) is 2. The minimum absolute atomic E-state index is 0. The van der Waals surface area contributed by atoms with Crippen LogP contribution in [-0.4, -0.2) is 41.9 Å². The van der Waals surface area contributed by atoms with Crippen molar-refractivity contribution in [1.29, 1.82) is 0 Å². The SMILES string of the molecule is CCN(CC)C(N)=NCc1ccc(CN2CCCC2)cc1.I. The maximum absolute atomic E-state index is 5.99. The molecule has 124 valence electrons. The van der Waals surface area contributed by atoms with Gasteiger partial charge in [-0.1, -0.05) is 24.3 Å². The molecule has 1 heterocycles. The van der Waals surface area contributed by atoms with Crippen LogP contribution in [0.4, 0.5) is 0 Å². The summed E-state index contributed by atoms with van der Waals surface area (Å²) in [7, 11) is 0. The molecule has 0 aromatic heterocycles. The van der Waals surface area contributed by atoms with E-state index in [0.717, 1.165) is 19.6 Å². The average molecular weight is 416 g/mol. The van der Waals surface area contributed by atoms with Gasteiger partial charge < -0.3 is 10.6 Å². The van der Waals surface area contributed by atoms with E-state index in [1.807, 2.05) is 0 Å². The summed E-state index contributed by atoms with van der Waals surface area (Å²) in [6, 6.07) is 8.78.